The van der Waals surface area contributed by atoms with Crippen molar-refractivity contribution in [1.82, 2.24) is 5.32 Å². The molecule has 0 atom stereocenters. The van der Waals surface area contributed by atoms with Gasteiger partial charge in [0.1, 0.15) is 5.60 Å². The van der Waals surface area contributed by atoms with Gasteiger partial charge in [0, 0.05) is 12.1 Å². The molecule has 10 nitrogen and oxygen atoms in total. The van der Waals surface area contributed by atoms with Gasteiger partial charge in [-0.1, -0.05) is 0 Å². The average molecular weight is 461 g/mol. The number of amides is 1. The lowest BCUT2D eigenvalue weighted by molar-refractivity contribution is -0.156. The second-order valence-corrected chi connectivity index (χ2v) is 9.06. The zero-order chi connectivity index (χ0) is 23.3. The standard InChI is InChI=1S/C20H32N2O8S/c1-20(2,3)30-18(23)8-10-27-12-14-29-15-13-28-11-9-22-19(24)16-4-6-17(7-5-16)31(21,25)26/h4-7H,8-15H2,1-3H3,(H,22,24)(H2,21,25,26). The number of ether oxygens (including phenoxy) is 4. The summed E-state index contributed by atoms with van der Waals surface area (Å²) in [6.07, 6.45) is 0.197. The SMILES string of the molecule is CC(C)(C)OC(=O)CCOCCOCCOCCNC(=O)c1ccc(S(N)(=O)=O)cc1. The molecule has 0 aliphatic carbocycles. The Balaban J connectivity index is 1.99. The van der Waals surface area contributed by atoms with Crippen LogP contribution in [0, 0.1) is 0 Å². The quantitative estimate of drug-likeness (QED) is 0.307. The first-order valence-corrected chi connectivity index (χ1v) is 11.4. The summed E-state index contributed by atoms with van der Waals surface area (Å²) in [7, 11) is -3.78. The lowest BCUT2D eigenvalue weighted by Crippen LogP contribution is -2.27. The fourth-order valence-electron chi connectivity index (χ4n) is 2.22. The Hall–Kier alpha value is -2.05. The molecule has 0 radical (unpaired) electrons. The highest BCUT2D eigenvalue weighted by Crippen LogP contribution is 2.09. The van der Waals surface area contributed by atoms with Crippen molar-refractivity contribution in [2.75, 3.05) is 46.2 Å². The Morgan fingerprint density at radius 2 is 1.42 bits per heavy atom. The Morgan fingerprint density at radius 1 is 0.903 bits per heavy atom. The van der Waals surface area contributed by atoms with Crippen molar-refractivity contribution in [2.45, 2.75) is 37.7 Å². The molecule has 0 fully saturated rings. The molecule has 0 spiro atoms. The molecule has 0 aliphatic heterocycles. The molecule has 31 heavy (non-hydrogen) atoms. The van der Waals surface area contributed by atoms with Crippen molar-refractivity contribution < 1.29 is 37.0 Å². The number of esters is 1. The number of sulfonamides is 1. The Kier molecular flexibility index (Phi) is 11.6. The zero-order valence-corrected chi connectivity index (χ0v) is 19.0. The second-order valence-electron chi connectivity index (χ2n) is 7.50. The smallest absolute Gasteiger partial charge is 0.308 e. The predicted molar refractivity (Wildman–Crippen MR) is 113 cm³/mol. The van der Waals surface area contributed by atoms with Gasteiger partial charge < -0.3 is 24.3 Å². The fourth-order valence-corrected chi connectivity index (χ4v) is 2.74. The van der Waals surface area contributed by atoms with E-state index >= 15 is 0 Å². The van der Waals surface area contributed by atoms with Crippen LogP contribution in [0.3, 0.4) is 0 Å². The van der Waals surface area contributed by atoms with Gasteiger partial charge in [0.2, 0.25) is 10.0 Å². The van der Waals surface area contributed by atoms with Crippen LogP contribution >= 0.6 is 0 Å². The number of nitrogens with one attached hydrogen (secondary N) is 1. The Morgan fingerprint density at radius 3 is 1.94 bits per heavy atom. The molecule has 0 saturated carbocycles. The molecule has 0 saturated heterocycles. The molecular weight excluding hydrogens is 428 g/mol. The maximum atomic E-state index is 12.0. The van der Waals surface area contributed by atoms with Gasteiger partial charge in [-0.3, -0.25) is 9.59 Å². The largest absolute Gasteiger partial charge is 0.460 e. The minimum Gasteiger partial charge on any atom is -0.460 e. The summed E-state index contributed by atoms with van der Waals surface area (Å²) in [5, 5.41) is 7.67. The third-order valence-electron chi connectivity index (χ3n) is 3.59. The van der Waals surface area contributed by atoms with Crippen molar-refractivity contribution in [3.63, 3.8) is 0 Å². The van der Waals surface area contributed by atoms with Crippen LogP contribution in [0.25, 0.3) is 0 Å². The summed E-state index contributed by atoms with van der Waals surface area (Å²) in [5.74, 6) is -0.640. The number of carbonyl (C=O) groups excluding carboxylic acids is 2. The molecule has 0 aromatic heterocycles. The highest BCUT2D eigenvalue weighted by atomic mass is 32.2. The zero-order valence-electron chi connectivity index (χ0n) is 18.2. The molecular formula is C20H32N2O8S. The van der Waals surface area contributed by atoms with Crippen LogP contribution in [0.1, 0.15) is 37.6 Å². The van der Waals surface area contributed by atoms with Crippen molar-refractivity contribution >= 4 is 21.9 Å². The topological polar surface area (TPSA) is 143 Å². The number of hydrogen-bond acceptors (Lipinski definition) is 8. The van der Waals surface area contributed by atoms with Crippen LogP contribution in [-0.4, -0.2) is 72.1 Å². The van der Waals surface area contributed by atoms with Crippen molar-refractivity contribution in [1.29, 1.82) is 0 Å². The van der Waals surface area contributed by atoms with E-state index in [1.165, 1.54) is 24.3 Å². The van der Waals surface area contributed by atoms with E-state index in [0.29, 0.717) is 45.1 Å². The third-order valence-corrected chi connectivity index (χ3v) is 4.52. The Labute approximate surface area is 183 Å². The molecule has 1 amide bonds. The van der Waals surface area contributed by atoms with Gasteiger partial charge in [0.05, 0.1) is 51.0 Å². The summed E-state index contributed by atoms with van der Waals surface area (Å²) >= 11 is 0. The van der Waals surface area contributed by atoms with Crippen LogP contribution in [0.15, 0.2) is 29.2 Å². The Bertz CT molecular complexity index is 788. The van der Waals surface area contributed by atoms with Crippen LogP contribution < -0.4 is 10.5 Å². The highest BCUT2D eigenvalue weighted by Gasteiger charge is 2.15. The van der Waals surface area contributed by atoms with Gasteiger partial charge in [-0.2, -0.15) is 0 Å². The third kappa shape index (κ3) is 13.1. The number of nitrogens with two attached hydrogens (primary N) is 1. The molecule has 0 heterocycles. The maximum Gasteiger partial charge on any atom is 0.308 e. The van der Waals surface area contributed by atoms with E-state index in [9.17, 15) is 18.0 Å². The summed E-state index contributed by atoms with van der Waals surface area (Å²) in [4.78, 5) is 23.4. The number of hydrogen-bond donors (Lipinski definition) is 2. The number of benzene rings is 1. The monoisotopic (exact) mass is 460 g/mol. The van der Waals surface area contributed by atoms with Gasteiger partial charge >= 0.3 is 5.97 Å². The second kappa shape index (κ2) is 13.4. The molecule has 11 heteroatoms. The summed E-state index contributed by atoms with van der Waals surface area (Å²) < 4.78 is 43.5. The predicted octanol–water partition coefficient (Wildman–Crippen LogP) is 0.845. The van der Waals surface area contributed by atoms with E-state index in [1.807, 2.05) is 20.8 Å². The minimum absolute atomic E-state index is 0.0548. The molecule has 1 aromatic rings. The molecule has 1 rings (SSSR count). The molecule has 3 N–H and O–H groups in total. The van der Waals surface area contributed by atoms with E-state index in [0.717, 1.165) is 0 Å². The first-order valence-electron chi connectivity index (χ1n) is 9.85. The van der Waals surface area contributed by atoms with Gasteiger partial charge in [0.25, 0.3) is 5.91 Å². The maximum absolute atomic E-state index is 12.0. The van der Waals surface area contributed by atoms with Gasteiger partial charge in [-0.15, -0.1) is 0 Å². The number of rotatable bonds is 14. The van der Waals surface area contributed by atoms with Gasteiger partial charge in [-0.05, 0) is 45.0 Å². The molecule has 1 aromatic carbocycles. The normalized spacial score (nSPS) is 11.9. The molecule has 176 valence electrons. The summed E-state index contributed by atoms with van der Waals surface area (Å²) in [5.41, 5.74) is -0.174. The van der Waals surface area contributed by atoms with Crippen molar-refractivity contribution in [3.05, 3.63) is 29.8 Å². The van der Waals surface area contributed by atoms with Gasteiger partial charge in [-0.25, -0.2) is 13.6 Å². The number of primary sulfonamides is 1. The fraction of sp³-hybridized carbons (Fsp3) is 0.600. The van der Waals surface area contributed by atoms with Crippen molar-refractivity contribution in [2.24, 2.45) is 5.14 Å². The van der Waals surface area contributed by atoms with Gasteiger partial charge in [0.15, 0.2) is 0 Å². The van der Waals surface area contributed by atoms with Crippen LogP contribution in [0.4, 0.5) is 0 Å². The van der Waals surface area contributed by atoms with E-state index in [2.05, 4.69) is 5.32 Å². The van der Waals surface area contributed by atoms with Crippen LogP contribution in [0.2, 0.25) is 0 Å². The van der Waals surface area contributed by atoms with Crippen LogP contribution in [0.5, 0.6) is 0 Å². The van der Waals surface area contributed by atoms with Crippen LogP contribution in [-0.2, 0) is 33.8 Å². The van der Waals surface area contributed by atoms with E-state index in [1.54, 1.807) is 0 Å². The van der Waals surface area contributed by atoms with Crippen molar-refractivity contribution in [3.8, 4) is 0 Å². The summed E-state index contributed by atoms with van der Waals surface area (Å²) in [6, 6.07) is 5.33. The first kappa shape index (κ1) is 27.0. The molecule has 0 aliphatic rings. The average Bonchev–Trinajstić information content (AvgIpc) is 2.66. The van der Waals surface area contributed by atoms with E-state index < -0.39 is 15.6 Å². The summed E-state index contributed by atoms with van der Waals surface area (Å²) in [6.45, 7) is 7.79. The molecule has 0 bridgehead atoms. The lowest BCUT2D eigenvalue weighted by atomic mass is 10.2. The highest BCUT2D eigenvalue weighted by molar-refractivity contribution is 7.89. The minimum atomic E-state index is -3.78. The first-order chi connectivity index (χ1) is 14.5. The van der Waals surface area contributed by atoms with E-state index in [-0.39, 0.29) is 29.8 Å². The van der Waals surface area contributed by atoms with E-state index in [4.69, 9.17) is 24.1 Å². The number of carbonyl (C=O) groups is 2. The molecule has 0 unspecified atom stereocenters. The lowest BCUT2D eigenvalue weighted by Gasteiger charge is -2.19.